The van der Waals surface area contributed by atoms with Crippen molar-refractivity contribution in [3.8, 4) is 11.5 Å². The van der Waals surface area contributed by atoms with Crippen LogP contribution < -0.4 is 9.47 Å². The smallest absolute Gasteiger partial charge is 0.343 e. The minimum absolute atomic E-state index is 0.206. The molecule has 0 fully saturated rings. The quantitative estimate of drug-likeness (QED) is 0.142. The van der Waals surface area contributed by atoms with Gasteiger partial charge in [0, 0.05) is 21.5 Å². The fourth-order valence-corrected chi connectivity index (χ4v) is 7.09. The molecule has 4 nitrogen and oxygen atoms in total. The summed E-state index contributed by atoms with van der Waals surface area (Å²) in [5, 5.41) is 0. The number of rotatable bonds is 5. The van der Waals surface area contributed by atoms with E-state index in [1.165, 1.54) is 0 Å². The Kier molecular flexibility index (Phi) is 6.82. The molecule has 5 heteroatoms. The van der Waals surface area contributed by atoms with Gasteiger partial charge in [-0.15, -0.1) is 0 Å². The Bertz CT molecular complexity index is 1870. The molecular weight excluding hydrogens is 612 g/mol. The van der Waals surface area contributed by atoms with Crippen LogP contribution in [-0.2, 0) is 16.6 Å². The van der Waals surface area contributed by atoms with Gasteiger partial charge in [0.15, 0.2) is 0 Å². The van der Waals surface area contributed by atoms with Crippen LogP contribution in [0.5, 0.6) is 11.5 Å². The lowest BCUT2D eigenvalue weighted by molar-refractivity contribution is -0.143. The number of benzene rings is 5. The number of carbonyl (C=O) groups excluding carboxylic acids is 2. The van der Waals surface area contributed by atoms with Gasteiger partial charge >= 0.3 is 11.9 Å². The fraction of sp³-hybridized carbons (Fsp3) is 0.179. The van der Waals surface area contributed by atoms with Crippen molar-refractivity contribution in [2.24, 2.45) is 5.41 Å². The highest BCUT2D eigenvalue weighted by Crippen LogP contribution is 2.64. The summed E-state index contributed by atoms with van der Waals surface area (Å²) in [6.07, 6.45) is 0.612. The van der Waals surface area contributed by atoms with Crippen molar-refractivity contribution < 1.29 is 19.1 Å². The van der Waals surface area contributed by atoms with Crippen LogP contribution in [-0.4, -0.2) is 11.9 Å². The molecule has 0 unspecified atom stereocenters. The number of hydrogen-bond acceptors (Lipinski definition) is 4. The second-order valence-corrected chi connectivity index (χ2v) is 13.5. The number of hydrogen-bond donors (Lipinski definition) is 0. The van der Waals surface area contributed by atoms with E-state index < -0.39 is 16.8 Å². The largest absolute Gasteiger partial charge is 0.426 e. The monoisotopic (exact) mass is 642 g/mol. The van der Waals surface area contributed by atoms with Crippen LogP contribution in [0, 0.1) is 5.41 Å². The molecule has 0 aliphatic heterocycles. The van der Waals surface area contributed by atoms with Crippen LogP contribution in [0.3, 0.4) is 0 Å². The predicted molar refractivity (Wildman–Crippen MR) is 174 cm³/mol. The number of carbonyl (C=O) groups is 2. The van der Waals surface area contributed by atoms with Gasteiger partial charge in [-0.1, -0.05) is 94.8 Å². The normalized spacial score (nSPS) is 17.7. The number of halogens is 1. The van der Waals surface area contributed by atoms with Gasteiger partial charge in [-0.2, -0.15) is 0 Å². The molecule has 0 amide bonds. The molecule has 5 aromatic rings. The lowest BCUT2D eigenvalue weighted by Crippen LogP contribution is -2.44. The Morgan fingerprint density at radius 2 is 1.27 bits per heavy atom. The first kappa shape index (κ1) is 28.3. The van der Waals surface area contributed by atoms with Crippen molar-refractivity contribution in [1.29, 1.82) is 0 Å². The first-order chi connectivity index (χ1) is 21.2. The van der Waals surface area contributed by atoms with Crippen LogP contribution in [0.4, 0.5) is 0 Å². The van der Waals surface area contributed by atoms with Crippen LogP contribution >= 0.6 is 15.9 Å². The minimum atomic E-state index is -0.721. The molecule has 0 saturated carbocycles. The molecule has 0 aromatic heterocycles. The number of esters is 2. The van der Waals surface area contributed by atoms with Crippen LogP contribution in [0.1, 0.15) is 76.0 Å². The van der Waals surface area contributed by atoms with Gasteiger partial charge in [0.05, 0.1) is 16.4 Å². The standard InChI is InChI=1S/C39H31BrO4/c1-38(2,3)37(42)44-31-21-22-32(43-36(41)25-11-5-4-6-12-25)35-34(31)33-27-13-7-9-15-29(27)39(35,30-16-10-8-14-28(30)33)23-24-17-19-26(40)20-18-24/h4-22,33H,23H2,1-3H3. The van der Waals surface area contributed by atoms with Crippen molar-refractivity contribution in [2.45, 2.75) is 38.5 Å². The maximum atomic E-state index is 13.6. The van der Waals surface area contributed by atoms with Gasteiger partial charge < -0.3 is 9.47 Å². The Morgan fingerprint density at radius 3 is 1.89 bits per heavy atom. The zero-order valence-corrected chi connectivity index (χ0v) is 26.4. The molecule has 8 rings (SSSR count). The van der Waals surface area contributed by atoms with E-state index in [2.05, 4.69) is 88.7 Å². The minimum Gasteiger partial charge on any atom is -0.426 e. The van der Waals surface area contributed by atoms with E-state index >= 15 is 0 Å². The van der Waals surface area contributed by atoms with Crippen molar-refractivity contribution in [2.75, 3.05) is 0 Å². The zero-order valence-electron chi connectivity index (χ0n) is 24.8. The molecule has 3 aliphatic rings. The average molecular weight is 644 g/mol. The summed E-state index contributed by atoms with van der Waals surface area (Å²) in [7, 11) is 0. The predicted octanol–water partition coefficient (Wildman–Crippen LogP) is 9.00. The molecule has 0 radical (unpaired) electrons. The van der Waals surface area contributed by atoms with E-state index in [0.717, 1.165) is 43.4 Å². The van der Waals surface area contributed by atoms with E-state index in [9.17, 15) is 9.59 Å². The maximum absolute atomic E-state index is 13.6. The highest BCUT2D eigenvalue weighted by molar-refractivity contribution is 9.10. The third-order valence-electron chi connectivity index (χ3n) is 8.76. The van der Waals surface area contributed by atoms with Gasteiger partial charge in [-0.05, 0) is 91.4 Å². The van der Waals surface area contributed by atoms with E-state index in [4.69, 9.17) is 9.47 Å². The van der Waals surface area contributed by atoms with Gasteiger partial charge in [0.1, 0.15) is 11.5 Å². The molecule has 44 heavy (non-hydrogen) atoms. The van der Waals surface area contributed by atoms with Crippen molar-refractivity contribution >= 4 is 27.9 Å². The Labute approximate surface area is 265 Å². The maximum Gasteiger partial charge on any atom is 0.343 e. The lowest BCUT2D eigenvalue weighted by Gasteiger charge is -2.51. The van der Waals surface area contributed by atoms with E-state index in [1.807, 2.05) is 39.0 Å². The van der Waals surface area contributed by atoms with E-state index in [-0.39, 0.29) is 11.9 Å². The summed E-state index contributed by atoms with van der Waals surface area (Å²) in [6, 6.07) is 38.0. The van der Waals surface area contributed by atoms with Gasteiger partial charge in [-0.3, -0.25) is 4.79 Å². The molecule has 2 bridgehead atoms. The summed E-state index contributed by atoms with van der Waals surface area (Å²) in [6.45, 7) is 5.55. The molecule has 0 heterocycles. The molecule has 0 N–H and O–H groups in total. The van der Waals surface area contributed by atoms with Crippen LogP contribution in [0.15, 0.2) is 120 Å². The molecule has 0 spiro atoms. The summed E-state index contributed by atoms with van der Waals surface area (Å²) >= 11 is 3.59. The lowest BCUT2D eigenvalue weighted by atomic mass is 9.51. The molecular formula is C39H31BrO4. The Balaban J connectivity index is 1.54. The van der Waals surface area contributed by atoms with Gasteiger partial charge in [0.25, 0.3) is 0 Å². The van der Waals surface area contributed by atoms with E-state index in [1.54, 1.807) is 24.3 Å². The summed E-state index contributed by atoms with van der Waals surface area (Å²) in [5.41, 5.74) is 6.55. The summed E-state index contributed by atoms with van der Waals surface area (Å²) in [4.78, 5) is 26.9. The molecule has 5 aromatic carbocycles. The Hall–Kier alpha value is -4.48. The average Bonchev–Trinajstić information content (AvgIpc) is 3.03. The molecule has 0 saturated heterocycles. The van der Waals surface area contributed by atoms with Crippen molar-refractivity contribution in [1.82, 2.24) is 0 Å². The second-order valence-electron chi connectivity index (χ2n) is 12.6. The third-order valence-corrected chi connectivity index (χ3v) is 9.28. The summed E-state index contributed by atoms with van der Waals surface area (Å²) < 4.78 is 13.5. The number of ether oxygens (including phenoxy) is 2. The van der Waals surface area contributed by atoms with Crippen molar-refractivity contribution in [3.63, 3.8) is 0 Å². The highest BCUT2D eigenvalue weighted by Gasteiger charge is 2.54. The first-order valence-corrected chi connectivity index (χ1v) is 15.6. The second kappa shape index (κ2) is 10.6. The third kappa shape index (κ3) is 4.49. The van der Waals surface area contributed by atoms with Crippen LogP contribution in [0.25, 0.3) is 0 Å². The fourth-order valence-electron chi connectivity index (χ4n) is 6.82. The molecule has 3 aliphatic carbocycles. The Morgan fingerprint density at radius 1 is 0.705 bits per heavy atom. The van der Waals surface area contributed by atoms with Gasteiger partial charge in [-0.25, -0.2) is 4.79 Å². The molecule has 0 atom stereocenters. The topological polar surface area (TPSA) is 52.6 Å². The highest BCUT2D eigenvalue weighted by atomic mass is 79.9. The van der Waals surface area contributed by atoms with Crippen molar-refractivity contribution in [3.05, 3.63) is 164 Å². The van der Waals surface area contributed by atoms with E-state index in [0.29, 0.717) is 23.5 Å². The zero-order chi connectivity index (χ0) is 30.6. The van der Waals surface area contributed by atoms with Crippen LogP contribution in [0.2, 0.25) is 0 Å². The summed E-state index contributed by atoms with van der Waals surface area (Å²) in [5.74, 6) is -0.000702. The van der Waals surface area contributed by atoms with Gasteiger partial charge in [0.2, 0.25) is 0 Å². The SMILES string of the molecule is CC(C)(C)C(=O)Oc1ccc(OC(=O)c2ccccc2)c2c1C1c3ccccc3C2(Cc2ccc(Br)cc2)c2ccccc21. The molecule has 218 valence electrons. The first-order valence-electron chi connectivity index (χ1n) is 14.8.